The molecule has 0 radical (unpaired) electrons. The highest BCUT2D eigenvalue weighted by Gasteiger charge is 2.21. The van der Waals surface area contributed by atoms with Crippen molar-refractivity contribution in [3.8, 4) is 0 Å². The fourth-order valence-electron chi connectivity index (χ4n) is 2.47. The maximum Gasteiger partial charge on any atom is 0.174 e. The van der Waals surface area contributed by atoms with Crippen LogP contribution < -0.4 is 5.32 Å². The van der Waals surface area contributed by atoms with Crippen molar-refractivity contribution in [2.45, 2.75) is 45.1 Å². The van der Waals surface area contributed by atoms with Crippen LogP contribution in [-0.2, 0) is 0 Å². The summed E-state index contributed by atoms with van der Waals surface area (Å²) < 4.78 is 0. The lowest BCUT2D eigenvalue weighted by atomic mass is 9.84. The molecule has 1 aromatic heterocycles. The lowest BCUT2D eigenvalue weighted by Crippen LogP contribution is -2.27. The predicted molar refractivity (Wildman–Crippen MR) is 71.7 cm³/mol. The maximum atomic E-state index is 5.99. The first-order valence-electron chi connectivity index (χ1n) is 6.14. The van der Waals surface area contributed by atoms with Gasteiger partial charge in [0.2, 0.25) is 0 Å². The first kappa shape index (κ1) is 12.9. The molecular weight excluding hydrogens is 257 g/mol. The van der Waals surface area contributed by atoms with Gasteiger partial charge >= 0.3 is 0 Å². The summed E-state index contributed by atoms with van der Waals surface area (Å²) in [4.78, 5) is 0. The monoisotopic (exact) mass is 273 g/mol. The molecule has 0 aromatic carbocycles. The molecule has 0 bridgehead atoms. The smallest absolute Gasteiger partial charge is 0.174 e. The standard InChI is InChI=1S/C12H17Cl2N3/c1-2-8-4-3-5-9(6-8)15-10-7-11(13)16-17-12(10)14/h7-9H,2-6H2,1H3,(H,15,16). The van der Waals surface area contributed by atoms with Crippen LogP contribution in [0.1, 0.15) is 39.0 Å². The molecule has 1 N–H and O–H groups in total. The molecule has 1 aliphatic carbocycles. The molecule has 0 spiro atoms. The maximum absolute atomic E-state index is 5.99. The summed E-state index contributed by atoms with van der Waals surface area (Å²) in [5, 5.41) is 11.7. The van der Waals surface area contributed by atoms with Gasteiger partial charge in [0.05, 0.1) is 5.69 Å². The van der Waals surface area contributed by atoms with E-state index in [-0.39, 0.29) is 0 Å². The molecule has 2 atom stereocenters. The summed E-state index contributed by atoms with van der Waals surface area (Å²) in [6, 6.07) is 2.22. The number of nitrogens with one attached hydrogen (secondary N) is 1. The number of anilines is 1. The van der Waals surface area contributed by atoms with Crippen molar-refractivity contribution in [2.24, 2.45) is 5.92 Å². The Labute approximate surface area is 112 Å². The largest absolute Gasteiger partial charge is 0.380 e. The van der Waals surface area contributed by atoms with Gasteiger partial charge in [0, 0.05) is 12.1 Å². The Morgan fingerprint density at radius 2 is 2.18 bits per heavy atom. The van der Waals surface area contributed by atoms with Crippen LogP contribution in [0.4, 0.5) is 5.69 Å². The topological polar surface area (TPSA) is 37.8 Å². The predicted octanol–water partition coefficient (Wildman–Crippen LogP) is 4.16. The van der Waals surface area contributed by atoms with E-state index in [1.807, 2.05) is 0 Å². The summed E-state index contributed by atoms with van der Waals surface area (Å²) in [6.07, 6.45) is 6.26. The Balaban J connectivity index is 2.02. The molecule has 94 valence electrons. The molecule has 1 saturated carbocycles. The Bertz CT molecular complexity index is 384. The van der Waals surface area contributed by atoms with E-state index in [0.717, 1.165) is 11.6 Å². The number of hydrogen-bond donors (Lipinski definition) is 1. The molecule has 0 amide bonds. The molecule has 3 nitrogen and oxygen atoms in total. The summed E-state index contributed by atoms with van der Waals surface area (Å²) in [5.41, 5.74) is 0.799. The molecule has 2 rings (SSSR count). The molecule has 1 aromatic rings. The molecular formula is C12H17Cl2N3. The van der Waals surface area contributed by atoms with E-state index in [1.54, 1.807) is 6.07 Å². The third-order valence-corrected chi connectivity index (χ3v) is 3.90. The van der Waals surface area contributed by atoms with Crippen molar-refractivity contribution >= 4 is 28.9 Å². The molecule has 1 heterocycles. The Morgan fingerprint density at radius 1 is 1.35 bits per heavy atom. The lowest BCUT2D eigenvalue weighted by Gasteiger charge is -2.29. The first-order chi connectivity index (χ1) is 8.19. The van der Waals surface area contributed by atoms with Crippen LogP contribution in [0.25, 0.3) is 0 Å². The van der Waals surface area contributed by atoms with Gasteiger partial charge in [0.1, 0.15) is 0 Å². The average molecular weight is 274 g/mol. The molecule has 1 aliphatic rings. The Kier molecular flexibility index (Phi) is 4.46. The second-order valence-corrected chi connectivity index (χ2v) is 5.40. The van der Waals surface area contributed by atoms with Crippen LogP contribution in [0, 0.1) is 5.92 Å². The normalized spacial score (nSPS) is 24.6. The number of rotatable bonds is 3. The quantitative estimate of drug-likeness (QED) is 0.899. The van der Waals surface area contributed by atoms with Gasteiger partial charge in [-0.25, -0.2) is 0 Å². The van der Waals surface area contributed by atoms with Crippen LogP contribution in [-0.4, -0.2) is 16.2 Å². The van der Waals surface area contributed by atoms with E-state index in [1.165, 1.54) is 32.1 Å². The summed E-state index contributed by atoms with van der Waals surface area (Å²) >= 11 is 11.8. The van der Waals surface area contributed by atoms with E-state index in [9.17, 15) is 0 Å². The molecule has 0 saturated heterocycles. The minimum absolute atomic E-state index is 0.375. The highest BCUT2D eigenvalue weighted by atomic mass is 35.5. The highest BCUT2D eigenvalue weighted by molar-refractivity contribution is 6.33. The second-order valence-electron chi connectivity index (χ2n) is 4.65. The summed E-state index contributed by atoms with van der Waals surface area (Å²) in [6.45, 7) is 2.25. The van der Waals surface area contributed by atoms with Gasteiger partial charge in [-0.15, -0.1) is 10.2 Å². The Morgan fingerprint density at radius 3 is 2.94 bits per heavy atom. The fourth-order valence-corrected chi connectivity index (χ4v) is 2.76. The SMILES string of the molecule is CCC1CCCC(Nc2cc(Cl)nnc2Cl)C1. The number of nitrogens with zero attached hydrogens (tertiary/aromatic N) is 2. The van der Waals surface area contributed by atoms with Crippen molar-refractivity contribution < 1.29 is 0 Å². The van der Waals surface area contributed by atoms with Gasteiger partial charge in [-0.2, -0.15) is 0 Å². The van der Waals surface area contributed by atoms with Crippen LogP contribution >= 0.6 is 23.2 Å². The van der Waals surface area contributed by atoms with Crippen molar-refractivity contribution in [1.82, 2.24) is 10.2 Å². The van der Waals surface area contributed by atoms with Gasteiger partial charge in [-0.1, -0.05) is 49.4 Å². The number of hydrogen-bond acceptors (Lipinski definition) is 3. The van der Waals surface area contributed by atoms with Crippen LogP contribution in [0.5, 0.6) is 0 Å². The van der Waals surface area contributed by atoms with Crippen molar-refractivity contribution in [3.63, 3.8) is 0 Å². The average Bonchev–Trinajstić information content (AvgIpc) is 2.34. The third kappa shape index (κ3) is 3.46. The second kappa shape index (κ2) is 5.87. The van der Waals surface area contributed by atoms with Gasteiger partial charge in [-0.05, 0) is 18.8 Å². The van der Waals surface area contributed by atoms with E-state index in [4.69, 9.17) is 23.2 Å². The van der Waals surface area contributed by atoms with Crippen molar-refractivity contribution in [3.05, 3.63) is 16.4 Å². The van der Waals surface area contributed by atoms with Gasteiger partial charge in [0.15, 0.2) is 10.3 Å². The first-order valence-corrected chi connectivity index (χ1v) is 6.90. The minimum Gasteiger partial charge on any atom is -0.380 e. The molecule has 2 unspecified atom stereocenters. The van der Waals surface area contributed by atoms with Crippen molar-refractivity contribution in [1.29, 1.82) is 0 Å². The Hall–Kier alpha value is -0.540. The van der Waals surface area contributed by atoms with E-state index < -0.39 is 0 Å². The molecule has 1 fully saturated rings. The third-order valence-electron chi connectivity index (χ3n) is 3.44. The van der Waals surface area contributed by atoms with Crippen molar-refractivity contribution in [2.75, 3.05) is 5.32 Å². The van der Waals surface area contributed by atoms with Gasteiger partial charge in [0.25, 0.3) is 0 Å². The van der Waals surface area contributed by atoms with Gasteiger partial charge in [-0.3, -0.25) is 0 Å². The van der Waals surface area contributed by atoms with Gasteiger partial charge < -0.3 is 5.32 Å². The molecule has 0 aliphatic heterocycles. The van der Waals surface area contributed by atoms with E-state index >= 15 is 0 Å². The van der Waals surface area contributed by atoms with E-state index in [2.05, 4.69) is 22.4 Å². The molecule has 17 heavy (non-hydrogen) atoms. The summed E-state index contributed by atoms with van der Waals surface area (Å²) in [5.74, 6) is 0.824. The summed E-state index contributed by atoms with van der Waals surface area (Å²) in [7, 11) is 0. The number of aromatic nitrogens is 2. The lowest BCUT2D eigenvalue weighted by molar-refractivity contribution is 0.327. The van der Waals surface area contributed by atoms with Crippen LogP contribution in [0.15, 0.2) is 6.07 Å². The zero-order chi connectivity index (χ0) is 12.3. The highest BCUT2D eigenvalue weighted by Crippen LogP contribution is 2.30. The van der Waals surface area contributed by atoms with Crippen LogP contribution in [0.2, 0.25) is 10.3 Å². The van der Waals surface area contributed by atoms with Crippen LogP contribution in [0.3, 0.4) is 0 Å². The fraction of sp³-hybridized carbons (Fsp3) is 0.667. The number of halogens is 2. The minimum atomic E-state index is 0.375. The zero-order valence-electron chi connectivity index (χ0n) is 9.92. The zero-order valence-corrected chi connectivity index (χ0v) is 11.4. The van der Waals surface area contributed by atoms with E-state index in [0.29, 0.717) is 16.3 Å². The molecule has 5 heteroatoms.